The molecule has 106 valence electrons. The van der Waals surface area contributed by atoms with Crippen LogP contribution in [0.4, 0.5) is 5.95 Å². The second-order valence-electron chi connectivity index (χ2n) is 4.84. The van der Waals surface area contributed by atoms with Crippen LogP contribution < -0.4 is 10.1 Å². The minimum Gasteiger partial charge on any atom is -0.484 e. The zero-order chi connectivity index (χ0) is 14.5. The Labute approximate surface area is 117 Å². The van der Waals surface area contributed by atoms with Crippen molar-refractivity contribution in [1.82, 2.24) is 15.2 Å². The Morgan fingerprint density at radius 2 is 2.25 bits per heavy atom. The van der Waals surface area contributed by atoms with Gasteiger partial charge in [0, 0.05) is 0 Å². The van der Waals surface area contributed by atoms with Gasteiger partial charge in [-0.3, -0.25) is 10.1 Å². The van der Waals surface area contributed by atoms with Gasteiger partial charge in [0.25, 0.3) is 5.91 Å². The van der Waals surface area contributed by atoms with Crippen molar-refractivity contribution in [2.75, 3.05) is 11.9 Å². The molecule has 0 aliphatic carbocycles. The molecule has 6 heteroatoms. The van der Waals surface area contributed by atoms with E-state index >= 15 is 0 Å². The minimum atomic E-state index is -0.285. The second kappa shape index (κ2) is 6.18. The highest BCUT2D eigenvalue weighted by atomic mass is 16.5. The molecule has 1 aromatic carbocycles. The number of amides is 1. The number of carbonyl (C=O) groups is 1. The van der Waals surface area contributed by atoms with Gasteiger partial charge >= 0.3 is 0 Å². The van der Waals surface area contributed by atoms with Gasteiger partial charge in [0.05, 0.1) is 0 Å². The Morgan fingerprint density at radius 1 is 1.45 bits per heavy atom. The fourth-order valence-corrected chi connectivity index (χ4v) is 1.97. The third-order valence-corrected chi connectivity index (χ3v) is 2.91. The fourth-order valence-electron chi connectivity index (χ4n) is 1.97. The van der Waals surface area contributed by atoms with Gasteiger partial charge < -0.3 is 4.74 Å². The lowest BCUT2D eigenvalue weighted by Gasteiger charge is -2.12. The molecule has 0 radical (unpaired) electrons. The van der Waals surface area contributed by atoms with Crippen molar-refractivity contribution in [1.29, 1.82) is 0 Å². The molecule has 2 rings (SSSR count). The van der Waals surface area contributed by atoms with E-state index in [1.54, 1.807) is 0 Å². The SMILES string of the molecule is Cc1cc(OCC(=O)Nc2ncn[nH]2)ccc1C(C)C. The Balaban J connectivity index is 1.91. The largest absolute Gasteiger partial charge is 0.484 e. The number of nitrogens with one attached hydrogen (secondary N) is 2. The zero-order valence-corrected chi connectivity index (χ0v) is 11.8. The van der Waals surface area contributed by atoms with Gasteiger partial charge in [-0.2, -0.15) is 10.1 Å². The van der Waals surface area contributed by atoms with Gasteiger partial charge in [-0.1, -0.05) is 19.9 Å². The molecule has 2 N–H and O–H groups in total. The molecule has 1 amide bonds. The van der Waals surface area contributed by atoms with Gasteiger partial charge in [0.15, 0.2) is 6.61 Å². The highest BCUT2D eigenvalue weighted by molar-refractivity contribution is 5.90. The number of ether oxygens (including phenoxy) is 1. The molecular weight excluding hydrogens is 256 g/mol. The van der Waals surface area contributed by atoms with Crippen LogP contribution in [0.1, 0.15) is 30.9 Å². The number of benzene rings is 1. The van der Waals surface area contributed by atoms with Gasteiger partial charge in [-0.25, -0.2) is 5.10 Å². The Kier molecular flexibility index (Phi) is 4.34. The Hall–Kier alpha value is -2.37. The first-order valence-corrected chi connectivity index (χ1v) is 6.45. The molecule has 1 heterocycles. The van der Waals surface area contributed by atoms with E-state index < -0.39 is 0 Å². The van der Waals surface area contributed by atoms with Gasteiger partial charge in [0.1, 0.15) is 12.1 Å². The lowest BCUT2D eigenvalue weighted by atomic mass is 9.98. The summed E-state index contributed by atoms with van der Waals surface area (Å²) in [6.45, 7) is 6.26. The summed E-state index contributed by atoms with van der Waals surface area (Å²) >= 11 is 0. The maximum Gasteiger partial charge on any atom is 0.264 e. The first-order chi connectivity index (χ1) is 9.56. The molecule has 1 aromatic heterocycles. The van der Waals surface area contributed by atoms with E-state index in [0.29, 0.717) is 17.6 Å². The van der Waals surface area contributed by atoms with Gasteiger partial charge in [-0.05, 0) is 36.1 Å². The summed E-state index contributed by atoms with van der Waals surface area (Å²) in [7, 11) is 0. The number of aromatic nitrogens is 3. The molecular formula is C14H18N4O2. The summed E-state index contributed by atoms with van der Waals surface area (Å²) in [5, 5.41) is 8.73. The van der Waals surface area contributed by atoms with Crippen LogP contribution in [0.15, 0.2) is 24.5 Å². The predicted octanol–water partition coefficient (Wildman–Crippen LogP) is 2.25. The topological polar surface area (TPSA) is 79.9 Å². The number of H-pyrrole nitrogens is 1. The average Bonchev–Trinajstić information content (AvgIpc) is 2.89. The predicted molar refractivity (Wildman–Crippen MR) is 75.8 cm³/mol. The van der Waals surface area contributed by atoms with Crippen LogP contribution in [-0.2, 0) is 4.79 Å². The van der Waals surface area contributed by atoms with Crippen molar-refractivity contribution in [3.63, 3.8) is 0 Å². The van der Waals surface area contributed by atoms with Crippen molar-refractivity contribution in [2.24, 2.45) is 0 Å². The molecule has 0 aliphatic heterocycles. The van der Waals surface area contributed by atoms with Crippen LogP contribution in [0, 0.1) is 6.92 Å². The summed E-state index contributed by atoms with van der Waals surface area (Å²) < 4.78 is 5.46. The van der Waals surface area contributed by atoms with Crippen LogP contribution >= 0.6 is 0 Å². The molecule has 0 bridgehead atoms. The Bertz CT molecular complexity index is 579. The molecule has 0 unspecified atom stereocenters. The van der Waals surface area contributed by atoms with Crippen LogP contribution in [0.5, 0.6) is 5.75 Å². The standard InChI is InChI=1S/C14H18N4O2/c1-9(2)12-5-4-11(6-10(12)3)20-7-13(19)17-14-15-8-16-18-14/h4-6,8-9H,7H2,1-3H3,(H2,15,16,17,18,19). The number of aromatic amines is 1. The van der Waals surface area contributed by atoms with E-state index in [4.69, 9.17) is 4.74 Å². The normalized spacial score (nSPS) is 10.6. The number of hydrogen-bond acceptors (Lipinski definition) is 4. The molecule has 0 fully saturated rings. The highest BCUT2D eigenvalue weighted by Crippen LogP contribution is 2.23. The Morgan fingerprint density at radius 3 is 2.85 bits per heavy atom. The number of rotatable bonds is 5. The number of aryl methyl sites for hydroxylation is 1. The van der Waals surface area contributed by atoms with E-state index in [9.17, 15) is 4.79 Å². The molecule has 6 nitrogen and oxygen atoms in total. The van der Waals surface area contributed by atoms with E-state index in [1.807, 2.05) is 25.1 Å². The van der Waals surface area contributed by atoms with Crippen LogP contribution in [-0.4, -0.2) is 27.7 Å². The molecule has 20 heavy (non-hydrogen) atoms. The van der Waals surface area contributed by atoms with Crippen molar-refractivity contribution < 1.29 is 9.53 Å². The van der Waals surface area contributed by atoms with Crippen molar-refractivity contribution in [3.8, 4) is 5.75 Å². The zero-order valence-electron chi connectivity index (χ0n) is 11.8. The summed E-state index contributed by atoms with van der Waals surface area (Å²) in [6, 6.07) is 5.85. The molecule has 0 saturated heterocycles. The molecule has 0 atom stereocenters. The lowest BCUT2D eigenvalue weighted by molar-refractivity contribution is -0.118. The maximum absolute atomic E-state index is 11.6. The number of nitrogens with zero attached hydrogens (tertiary/aromatic N) is 2. The van der Waals surface area contributed by atoms with E-state index in [0.717, 1.165) is 5.56 Å². The lowest BCUT2D eigenvalue weighted by Crippen LogP contribution is -2.20. The number of carbonyl (C=O) groups excluding carboxylic acids is 1. The highest BCUT2D eigenvalue weighted by Gasteiger charge is 2.07. The van der Waals surface area contributed by atoms with Gasteiger partial charge in [0.2, 0.25) is 5.95 Å². The smallest absolute Gasteiger partial charge is 0.264 e. The maximum atomic E-state index is 11.6. The van der Waals surface area contributed by atoms with Crippen molar-refractivity contribution >= 4 is 11.9 Å². The first kappa shape index (κ1) is 14.0. The molecule has 0 aliphatic rings. The summed E-state index contributed by atoms with van der Waals surface area (Å²) in [4.78, 5) is 15.4. The molecule has 0 spiro atoms. The monoisotopic (exact) mass is 274 g/mol. The average molecular weight is 274 g/mol. The second-order valence-corrected chi connectivity index (χ2v) is 4.84. The first-order valence-electron chi connectivity index (χ1n) is 6.45. The van der Waals surface area contributed by atoms with Gasteiger partial charge in [-0.15, -0.1) is 0 Å². The van der Waals surface area contributed by atoms with E-state index in [2.05, 4.69) is 34.3 Å². The quantitative estimate of drug-likeness (QED) is 0.876. The van der Waals surface area contributed by atoms with Crippen LogP contribution in [0.3, 0.4) is 0 Å². The van der Waals surface area contributed by atoms with Crippen LogP contribution in [0.25, 0.3) is 0 Å². The fraction of sp³-hybridized carbons (Fsp3) is 0.357. The minimum absolute atomic E-state index is 0.0683. The molecule has 0 saturated carbocycles. The third-order valence-electron chi connectivity index (χ3n) is 2.91. The summed E-state index contributed by atoms with van der Waals surface area (Å²) in [6.07, 6.45) is 1.32. The number of hydrogen-bond donors (Lipinski definition) is 2. The summed E-state index contributed by atoms with van der Waals surface area (Å²) in [5.74, 6) is 1.18. The van der Waals surface area contributed by atoms with Crippen LogP contribution in [0.2, 0.25) is 0 Å². The molecule has 2 aromatic rings. The summed E-state index contributed by atoms with van der Waals surface area (Å²) in [5.41, 5.74) is 2.44. The van der Waals surface area contributed by atoms with E-state index in [-0.39, 0.29) is 12.5 Å². The van der Waals surface area contributed by atoms with Crippen molar-refractivity contribution in [3.05, 3.63) is 35.7 Å². The number of anilines is 1. The van der Waals surface area contributed by atoms with E-state index in [1.165, 1.54) is 11.9 Å². The third kappa shape index (κ3) is 3.57. The van der Waals surface area contributed by atoms with Crippen molar-refractivity contribution in [2.45, 2.75) is 26.7 Å².